The van der Waals surface area contributed by atoms with E-state index in [2.05, 4.69) is 16.8 Å². The number of hydrogen-bond donors (Lipinski definition) is 1. The van der Waals surface area contributed by atoms with E-state index < -0.39 is 6.10 Å². The Morgan fingerprint density at radius 2 is 2.00 bits per heavy atom. The third kappa shape index (κ3) is 4.35. The van der Waals surface area contributed by atoms with Crippen molar-refractivity contribution in [1.82, 2.24) is 9.80 Å². The highest BCUT2D eigenvalue weighted by Crippen LogP contribution is 2.27. The van der Waals surface area contributed by atoms with Crippen LogP contribution in [0.15, 0.2) is 18.2 Å². The van der Waals surface area contributed by atoms with E-state index in [0.29, 0.717) is 17.4 Å². The summed E-state index contributed by atoms with van der Waals surface area (Å²) in [5.41, 5.74) is 0.807. The number of likely N-dealkylation sites (N-methyl/N-ethyl adjacent to an activating group) is 1. The van der Waals surface area contributed by atoms with E-state index in [1.165, 1.54) is 0 Å². The topological polar surface area (TPSA) is 35.9 Å². The Hall–Kier alpha value is -0.810. The lowest BCUT2D eigenvalue weighted by Gasteiger charge is -2.32. The average molecular weight is 299 g/mol. The maximum absolute atomic E-state index is 9.50. The maximum atomic E-state index is 9.50. The summed E-state index contributed by atoms with van der Waals surface area (Å²) < 4.78 is 5.73. The van der Waals surface area contributed by atoms with Crippen molar-refractivity contribution in [3.05, 3.63) is 28.8 Å². The predicted molar refractivity (Wildman–Crippen MR) is 81.5 cm³/mol. The van der Waals surface area contributed by atoms with E-state index in [4.69, 9.17) is 16.3 Å². The van der Waals surface area contributed by atoms with Gasteiger partial charge in [0.1, 0.15) is 12.4 Å². The Morgan fingerprint density at radius 1 is 1.30 bits per heavy atom. The summed E-state index contributed by atoms with van der Waals surface area (Å²) in [7, 11) is 2.15. The molecule has 0 radical (unpaired) electrons. The number of halogens is 1. The summed E-state index contributed by atoms with van der Waals surface area (Å²) >= 11 is 6.16. The van der Waals surface area contributed by atoms with Gasteiger partial charge in [-0.15, -0.1) is 0 Å². The zero-order valence-corrected chi connectivity index (χ0v) is 12.9. The maximum Gasteiger partial charge on any atom is 0.137 e. The highest BCUT2D eigenvalue weighted by molar-refractivity contribution is 6.32. The van der Waals surface area contributed by atoms with Crippen LogP contribution in [0.4, 0.5) is 0 Å². The number of piperazine rings is 1. The third-order valence-corrected chi connectivity index (χ3v) is 3.99. The Labute approximate surface area is 125 Å². The SMILES string of the molecule is C[C@@H](O)c1ccc(OCCN2CCN(C)CC2)c(Cl)c1. The van der Waals surface area contributed by atoms with E-state index in [9.17, 15) is 5.11 Å². The van der Waals surface area contributed by atoms with Crippen molar-refractivity contribution in [3.63, 3.8) is 0 Å². The number of ether oxygens (including phenoxy) is 1. The Balaban J connectivity index is 1.79. The van der Waals surface area contributed by atoms with Crippen molar-refractivity contribution < 1.29 is 9.84 Å². The molecule has 0 aliphatic carbocycles. The lowest BCUT2D eigenvalue weighted by molar-refractivity contribution is 0.133. The molecule has 2 rings (SSSR count). The van der Waals surface area contributed by atoms with Gasteiger partial charge in [0.2, 0.25) is 0 Å². The second kappa shape index (κ2) is 7.27. The highest BCUT2D eigenvalue weighted by Gasteiger charge is 2.13. The first kappa shape index (κ1) is 15.6. The molecule has 1 aromatic rings. The molecule has 0 aromatic heterocycles. The Kier molecular flexibility index (Phi) is 5.66. The van der Waals surface area contributed by atoms with Crippen molar-refractivity contribution in [1.29, 1.82) is 0 Å². The normalized spacial score (nSPS) is 19.0. The van der Waals surface area contributed by atoms with E-state index in [1.807, 2.05) is 12.1 Å². The van der Waals surface area contributed by atoms with Crippen LogP contribution in [-0.4, -0.2) is 61.3 Å². The molecular weight excluding hydrogens is 276 g/mol. The fraction of sp³-hybridized carbons (Fsp3) is 0.600. The third-order valence-electron chi connectivity index (χ3n) is 3.70. The molecule has 1 aromatic carbocycles. The lowest BCUT2D eigenvalue weighted by Crippen LogP contribution is -2.45. The molecule has 4 nitrogen and oxygen atoms in total. The van der Waals surface area contributed by atoms with Gasteiger partial charge in [0.05, 0.1) is 11.1 Å². The first-order valence-corrected chi connectivity index (χ1v) is 7.45. The van der Waals surface area contributed by atoms with E-state index in [0.717, 1.165) is 38.3 Å². The average Bonchev–Trinajstić information content (AvgIpc) is 2.42. The lowest BCUT2D eigenvalue weighted by atomic mass is 10.1. The number of aliphatic hydroxyl groups excluding tert-OH is 1. The van der Waals surface area contributed by atoms with Gasteiger partial charge in [0.15, 0.2) is 0 Å². The van der Waals surface area contributed by atoms with E-state index in [1.54, 1.807) is 13.0 Å². The molecule has 1 atom stereocenters. The quantitative estimate of drug-likeness (QED) is 0.902. The van der Waals surface area contributed by atoms with Gasteiger partial charge in [-0.05, 0) is 31.7 Å². The molecule has 0 saturated carbocycles. The van der Waals surface area contributed by atoms with Gasteiger partial charge in [0.25, 0.3) is 0 Å². The van der Waals surface area contributed by atoms with Crippen LogP contribution in [0, 0.1) is 0 Å². The van der Waals surface area contributed by atoms with Gasteiger partial charge in [0, 0.05) is 32.7 Å². The molecule has 112 valence electrons. The predicted octanol–water partition coefficient (Wildman–Crippen LogP) is 2.02. The first-order valence-electron chi connectivity index (χ1n) is 7.07. The number of aliphatic hydroxyl groups is 1. The molecule has 1 N–H and O–H groups in total. The van der Waals surface area contributed by atoms with Gasteiger partial charge in [-0.1, -0.05) is 17.7 Å². The molecule has 0 spiro atoms. The molecule has 1 saturated heterocycles. The summed E-state index contributed by atoms with van der Waals surface area (Å²) in [6.45, 7) is 7.69. The minimum atomic E-state index is -0.508. The molecule has 0 amide bonds. The molecular formula is C15H23ClN2O2. The van der Waals surface area contributed by atoms with Crippen LogP contribution in [0.25, 0.3) is 0 Å². The summed E-state index contributed by atoms with van der Waals surface area (Å²) in [5, 5.41) is 10.1. The number of hydrogen-bond acceptors (Lipinski definition) is 4. The van der Waals surface area contributed by atoms with Crippen molar-refractivity contribution in [2.75, 3.05) is 46.4 Å². The van der Waals surface area contributed by atoms with Crippen LogP contribution in [-0.2, 0) is 0 Å². The van der Waals surface area contributed by atoms with Gasteiger partial charge >= 0.3 is 0 Å². The number of benzene rings is 1. The summed E-state index contributed by atoms with van der Waals surface area (Å²) in [5.74, 6) is 0.685. The summed E-state index contributed by atoms with van der Waals surface area (Å²) in [6, 6.07) is 5.44. The smallest absolute Gasteiger partial charge is 0.137 e. The fourth-order valence-electron chi connectivity index (χ4n) is 2.25. The minimum Gasteiger partial charge on any atom is -0.491 e. The Morgan fingerprint density at radius 3 is 2.60 bits per heavy atom. The molecule has 1 aliphatic heterocycles. The van der Waals surface area contributed by atoms with Crippen LogP contribution >= 0.6 is 11.6 Å². The highest BCUT2D eigenvalue weighted by atomic mass is 35.5. The zero-order valence-electron chi connectivity index (χ0n) is 12.2. The zero-order chi connectivity index (χ0) is 14.5. The summed E-state index contributed by atoms with van der Waals surface area (Å²) in [6.07, 6.45) is -0.508. The van der Waals surface area contributed by atoms with Gasteiger partial charge < -0.3 is 14.7 Å². The van der Waals surface area contributed by atoms with Gasteiger partial charge in [-0.3, -0.25) is 4.90 Å². The molecule has 1 aliphatic rings. The molecule has 5 heteroatoms. The minimum absolute atomic E-state index is 0.508. The standard InChI is InChI=1S/C15H23ClN2O2/c1-12(19)13-3-4-15(14(16)11-13)20-10-9-18-7-5-17(2)6-8-18/h3-4,11-12,19H,5-10H2,1-2H3/t12-/m1/s1. The monoisotopic (exact) mass is 298 g/mol. The molecule has 1 heterocycles. The molecule has 0 unspecified atom stereocenters. The van der Waals surface area contributed by atoms with Gasteiger partial charge in [-0.2, -0.15) is 0 Å². The summed E-state index contributed by atoms with van der Waals surface area (Å²) in [4.78, 5) is 4.74. The number of nitrogens with zero attached hydrogens (tertiary/aromatic N) is 2. The molecule has 1 fully saturated rings. The first-order chi connectivity index (χ1) is 9.56. The van der Waals surface area contributed by atoms with Crippen molar-refractivity contribution in [2.45, 2.75) is 13.0 Å². The largest absolute Gasteiger partial charge is 0.491 e. The van der Waals surface area contributed by atoms with E-state index >= 15 is 0 Å². The number of rotatable bonds is 5. The second-order valence-electron chi connectivity index (χ2n) is 5.36. The van der Waals surface area contributed by atoms with Crippen LogP contribution < -0.4 is 4.74 Å². The van der Waals surface area contributed by atoms with Crippen molar-refractivity contribution >= 4 is 11.6 Å². The van der Waals surface area contributed by atoms with Crippen LogP contribution in [0.3, 0.4) is 0 Å². The van der Waals surface area contributed by atoms with Crippen molar-refractivity contribution in [2.24, 2.45) is 0 Å². The van der Waals surface area contributed by atoms with E-state index in [-0.39, 0.29) is 0 Å². The van der Waals surface area contributed by atoms with Gasteiger partial charge in [-0.25, -0.2) is 0 Å². The van der Waals surface area contributed by atoms with Crippen LogP contribution in [0.1, 0.15) is 18.6 Å². The molecule has 20 heavy (non-hydrogen) atoms. The fourth-order valence-corrected chi connectivity index (χ4v) is 2.49. The van der Waals surface area contributed by atoms with Crippen LogP contribution in [0.5, 0.6) is 5.75 Å². The Bertz CT molecular complexity index is 432. The molecule has 0 bridgehead atoms. The van der Waals surface area contributed by atoms with Crippen LogP contribution in [0.2, 0.25) is 5.02 Å². The van der Waals surface area contributed by atoms with Crippen molar-refractivity contribution in [3.8, 4) is 5.75 Å². The second-order valence-corrected chi connectivity index (χ2v) is 5.77.